The van der Waals surface area contributed by atoms with Crippen LogP contribution in [0.4, 0.5) is 4.39 Å². The van der Waals surface area contributed by atoms with Crippen LogP contribution in [0.5, 0.6) is 0 Å². The van der Waals surface area contributed by atoms with E-state index >= 15 is 0 Å². The van der Waals surface area contributed by atoms with Crippen molar-refractivity contribution in [1.29, 1.82) is 0 Å². The number of carbonyl (C=O) groups is 2. The average Bonchev–Trinajstić information content (AvgIpc) is 3.02. The Kier molecular flexibility index (Phi) is 7.36. The molecule has 1 aliphatic rings. The molecule has 5 nitrogen and oxygen atoms in total. The van der Waals surface area contributed by atoms with Gasteiger partial charge in [-0.2, -0.15) is 0 Å². The van der Waals surface area contributed by atoms with Crippen molar-refractivity contribution in [3.8, 4) is 0 Å². The zero-order valence-corrected chi connectivity index (χ0v) is 17.9. The van der Waals surface area contributed by atoms with E-state index in [1.165, 1.54) is 17.0 Å². The van der Waals surface area contributed by atoms with E-state index in [-0.39, 0.29) is 21.4 Å². The lowest BCUT2D eigenvalue weighted by atomic mass is 10.1. The Hall–Kier alpha value is -2.55. The molecule has 1 saturated heterocycles. The fourth-order valence-corrected chi connectivity index (χ4v) is 4.46. The number of hydrogen-bond donors (Lipinski definition) is 2. The van der Waals surface area contributed by atoms with Crippen LogP contribution in [0.3, 0.4) is 0 Å². The first kappa shape index (κ1) is 22.1. The molecule has 1 aliphatic heterocycles. The highest BCUT2D eigenvalue weighted by molar-refractivity contribution is 8.26. The largest absolute Gasteiger partial charge is 0.394 e. The Morgan fingerprint density at radius 2 is 1.90 bits per heavy atom. The van der Waals surface area contributed by atoms with E-state index in [0.29, 0.717) is 6.42 Å². The van der Waals surface area contributed by atoms with Gasteiger partial charge in [-0.25, -0.2) is 4.39 Å². The fourth-order valence-electron chi connectivity index (χ4n) is 3.05. The van der Waals surface area contributed by atoms with Crippen LogP contribution in [0.1, 0.15) is 18.1 Å². The summed E-state index contributed by atoms with van der Waals surface area (Å²) in [7, 11) is 0. The van der Waals surface area contributed by atoms with E-state index in [2.05, 4.69) is 5.32 Å². The molecule has 0 aliphatic carbocycles. The van der Waals surface area contributed by atoms with E-state index in [1.807, 2.05) is 30.3 Å². The van der Waals surface area contributed by atoms with Crippen molar-refractivity contribution in [2.75, 3.05) is 6.61 Å². The van der Waals surface area contributed by atoms with Crippen molar-refractivity contribution >= 4 is 46.2 Å². The highest BCUT2D eigenvalue weighted by Crippen LogP contribution is 2.34. The maximum atomic E-state index is 13.9. The van der Waals surface area contributed by atoms with Crippen molar-refractivity contribution in [3.63, 3.8) is 0 Å². The van der Waals surface area contributed by atoms with E-state index in [9.17, 15) is 19.1 Å². The normalized spacial score (nSPS) is 17.3. The molecule has 30 heavy (non-hydrogen) atoms. The summed E-state index contributed by atoms with van der Waals surface area (Å²) >= 11 is 6.32. The van der Waals surface area contributed by atoms with Gasteiger partial charge in [0.1, 0.15) is 16.2 Å². The third-order valence-electron chi connectivity index (χ3n) is 4.67. The Balaban J connectivity index is 1.70. The summed E-state index contributed by atoms with van der Waals surface area (Å²) in [6.45, 7) is 1.34. The van der Waals surface area contributed by atoms with Gasteiger partial charge in [0.15, 0.2) is 0 Å². The molecule has 3 rings (SSSR count). The molecule has 2 amide bonds. The molecule has 156 valence electrons. The molecule has 0 saturated carbocycles. The van der Waals surface area contributed by atoms with Crippen LogP contribution in [-0.4, -0.2) is 44.8 Å². The summed E-state index contributed by atoms with van der Waals surface area (Å²) in [5.41, 5.74) is 1.25. The van der Waals surface area contributed by atoms with Gasteiger partial charge in [0.05, 0.1) is 17.6 Å². The number of nitrogens with one attached hydrogen (secondary N) is 1. The number of carbonyl (C=O) groups excluding carboxylic acids is 2. The molecule has 2 N–H and O–H groups in total. The van der Waals surface area contributed by atoms with Crippen LogP contribution < -0.4 is 5.32 Å². The van der Waals surface area contributed by atoms with Gasteiger partial charge in [-0.1, -0.05) is 72.5 Å². The molecule has 8 heteroatoms. The number of nitrogens with zero attached hydrogens (tertiary/aromatic N) is 1. The first-order chi connectivity index (χ1) is 14.4. The molecule has 2 aromatic carbocycles. The zero-order valence-electron chi connectivity index (χ0n) is 16.2. The average molecular weight is 445 g/mol. The van der Waals surface area contributed by atoms with Crippen LogP contribution in [0.2, 0.25) is 0 Å². The number of aliphatic hydroxyl groups is 1. The van der Waals surface area contributed by atoms with Gasteiger partial charge < -0.3 is 10.4 Å². The molecule has 1 unspecified atom stereocenters. The predicted octanol–water partition coefficient (Wildman–Crippen LogP) is 3.14. The van der Waals surface area contributed by atoms with Crippen molar-refractivity contribution in [1.82, 2.24) is 10.2 Å². The first-order valence-electron chi connectivity index (χ1n) is 9.37. The molecule has 0 spiro atoms. The summed E-state index contributed by atoms with van der Waals surface area (Å²) in [6.07, 6.45) is 1.90. The van der Waals surface area contributed by atoms with Gasteiger partial charge in [0, 0.05) is 5.56 Å². The van der Waals surface area contributed by atoms with Gasteiger partial charge in [-0.3, -0.25) is 14.5 Å². The fraction of sp³-hybridized carbons (Fsp3) is 0.227. The Labute approximate surface area is 184 Å². The molecular weight excluding hydrogens is 423 g/mol. The number of halogens is 1. The van der Waals surface area contributed by atoms with E-state index in [0.717, 1.165) is 17.3 Å². The Morgan fingerprint density at radius 3 is 2.57 bits per heavy atom. The lowest BCUT2D eigenvalue weighted by Gasteiger charge is -2.25. The summed E-state index contributed by atoms with van der Waals surface area (Å²) in [5, 5.41) is 12.4. The van der Waals surface area contributed by atoms with Gasteiger partial charge in [-0.05, 0) is 31.1 Å². The number of amides is 2. The molecule has 1 fully saturated rings. The smallest absolute Gasteiger partial charge is 0.266 e. The van der Waals surface area contributed by atoms with Gasteiger partial charge in [0.25, 0.3) is 5.91 Å². The number of rotatable bonds is 7. The molecule has 0 aromatic heterocycles. The summed E-state index contributed by atoms with van der Waals surface area (Å²) in [5.74, 6) is -1.31. The molecule has 1 heterocycles. The SMILES string of the molecule is CC(C(=O)N[C@@H](CO)Cc1ccccc1)N1C(=O)/C(=C/c2ccccc2F)SC1=S. The minimum atomic E-state index is -0.867. The number of thiocarbonyl (C=S) groups is 1. The molecule has 0 radical (unpaired) electrons. The first-order valence-corrected chi connectivity index (χ1v) is 10.6. The molecule has 2 atom stereocenters. The second-order valence-corrected chi connectivity index (χ2v) is 8.50. The summed E-state index contributed by atoms with van der Waals surface area (Å²) in [4.78, 5) is 27.0. The van der Waals surface area contributed by atoms with Gasteiger partial charge >= 0.3 is 0 Å². The van der Waals surface area contributed by atoms with Crippen molar-refractivity contribution in [2.45, 2.75) is 25.4 Å². The Morgan fingerprint density at radius 1 is 1.23 bits per heavy atom. The lowest BCUT2D eigenvalue weighted by molar-refractivity contribution is -0.132. The summed E-state index contributed by atoms with van der Waals surface area (Å²) in [6, 6.07) is 14.2. The Bertz CT molecular complexity index is 981. The summed E-state index contributed by atoms with van der Waals surface area (Å²) < 4.78 is 14.1. The van der Waals surface area contributed by atoms with E-state index in [4.69, 9.17) is 12.2 Å². The number of hydrogen-bond acceptors (Lipinski definition) is 5. The molecule has 2 aromatic rings. The maximum Gasteiger partial charge on any atom is 0.266 e. The van der Waals surface area contributed by atoms with Crippen LogP contribution in [0, 0.1) is 5.82 Å². The van der Waals surface area contributed by atoms with Crippen molar-refractivity contribution in [3.05, 3.63) is 76.4 Å². The van der Waals surface area contributed by atoms with Crippen LogP contribution >= 0.6 is 24.0 Å². The minimum absolute atomic E-state index is 0.230. The van der Waals surface area contributed by atoms with Crippen LogP contribution in [0.25, 0.3) is 6.08 Å². The lowest BCUT2D eigenvalue weighted by Crippen LogP contribution is -2.51. The van der Waals surface area contributed by atoms with E-state index < -0.39 is 29.7 Å². The van der Waals surface area contributed by atoms with Gasteiger partial charge in [0.2, 0.25) is 5.91 Å². The topological polar surface area (TPSA) is 69.6 Å². The number of thioether (sulfide) groups is 1. The highest BCUT2D eigenvalue weighted by Gasteiger charge is 2.38. The standard InChI is InChI=1S/C22H21FN2O3S2/c1-14(20(27)24-17(13-26)11-15-7-3-2-4-8-15)25-21(28)19(30-22(25)29)12-16-9-5-6-10-18(16)23/h2-10,12,14,17,26H,11,13H2,1H3,(H,24,27)/b19-12-/t14?,17-/m1/s1. The number of aliphatic hydroxyl groups excluding tert-OH is 1. The second kappa shape index (κ2) is 9.97. The van der Waals surface area contributed by atoms with Crippen molar-refractivity contribution < 1.29 is 19.1 Å². The van der Waals surface area contributed by atoms with Crippen LogP contribution in [-0.2, 0) is 16.0 Å². The van der Waals surface area contributed by atoms with Crippen molar-refractivity contribution in [2.24, 2.45) is 0 Å². The highest BCUT2D eigenvalue weighted by atomic mass is 32.2. The monoisotopic (exact) mass is 444 g/mol. The quantitative estimate of drug-likeness (QED) is 0.507. The second-order valence-electron chi connectivity index (χ2n) is 6.83. The third kappa shape index (κ3) is 5.13. The van der Waals surface area contributed by atoms with Gasteiger partial charge in [-0.15, -0.1) is 0 Å². The molecular formula is C22H21FN2O3S2. The molecule has 0 bridgehead atoms. The minimum Gasteiger partial charge on any atom is -0.394 e. The third-order valence-corrected chi connectivity index (χ3v) is 6.00. The maximum absolute atomic E-state index is 13.9. The van der Waals surface area contributed by atoms with Crippen LogP contribution in [0.15, 0.2) is 59.5 Å². The number of benzene rings is 2. The van der Waals surface area contributed by atoms with E-state index in [1.54, 1.807) is 25.1 Å². The zero-order chi connectivity index (χ0) is 21.7. The predicted molar refractivity (Wildman–Crippen MR) is 120 cm³/mol.